The van der Waals surface area contributed by atoms with Crippen LogP contribution in [0.3, 0.4) is 0 Å². The largest absolute Gasteiger partial charge is 0.484 e. The van der Waals surface area contributed by atoms with E-state index in [4.69, 9.17) is 14.6 Å². The first-order valence-corrected chi connectivity index (χ1v) is 8.52. The lowest BCUT2D eigenvalue weighted by Crippen LogP contribution is -2.48. The van der Waals surface area contributed by atoms with Gasteiger partial charge in [0.05, 0.1) is 25.8 Å². The molecule has 2 saturated heterocycles. The number of aryl methyl sites for hydroxylation is 1. The molecule has 0 spiro atoms. The average molecular weight is 348 g/mol. The summed E-state index contributed by atoms with van der Waals surface area (Å²) in [6.07, 6.45) is 0. The second-order valence-electron chi connectivity index (χ2n) is 6.73. The number of carbonyl (C=O) groups is 2. The molecular weight excluding hydrogens is 324 g/mol. The number of benzene rings is 1. The second-order valence-corrected chi connectivity index (χ2v) is 6.73. The quantitative estimate of drug-likeness (QED) is 0.840. The van der Waals surface area contributed by atoms with Crippen molar-refractivity contribution in [2.45, 2.75) is 13.0 Å². The predicted octanol–water partition coefficient (Wildman–Crippen LogP) is 0.618. The molecule has 2 heterocycles. The number of carboxylic acid groups (broad SMARTS) is 1. The molecular formula is C18H24N2O5. The Labute approximate surface area is 147 Å². The molecule has 2 atom stereocenters. The summed E-state index contributed by atoms with van der Waals surface area (Å²) in [5, 5.41) is 9.11. The van der Waals surface area contributed by atoms with E-state index in [-0.39, 0.29) is 31.0 Å². The van der Waals surface area contributed by atoms with Gasteiger partial charge >= 0.3 is 5.97 Å². The molecule has 0 aromatic heterocycles. The van der Waals surface area contributed by atoms with Crippen LogP contribution in [0.2, 0.25) is 0 Å². The van der Waals surface area contributed by atoms with Crippen molar-refractivity contribution in [3.63, 3.8) is 0 Å². The van der Waals surface area contributed by atoms with Gasteiger partial charge in [0.25, 0.3) is 5.91 Å². The van der Waals surface area contributed by atoms with E-state index in [0.29, 0.717) is 38.6 Å². The molecule has 1 aromatic rings. The Hall–Kier alpha value is -2.12. The molecule has 7 heteroatoms. The Balaban J connectivity index is 1.63. The van der Waals surface area contributed by atoms with Crippen LogP contribution in [0, 0.1) is 12.8 Å². The van der Waals surface area contributed by atoms with Gasteiger partial charge in [-0.2, -0.15) is 0 Å². The zero-order valence-corrected chi connectivity index (χ0v) is 14.4. The van der Waals surface area contributed by atoms with Crippen molar-refractivity contribution in [1.29, 1.82) is 0 Å². The minimum atomic E-state index is -0.853. The van der Waals surface area contributed by atoms with Gasteiger partial charge in [0.15, 0.2) is 6.61 Å². The van der Waals surface area contributed by atoms with Crippen LogP contribution < -0.4 is 4.74 Å². The molecule has 2 fully saturated rings. The Bertz CT molecular complexity index is 636. The third-order valence-corrected chi connectivity index (χ3v) is 4.72. The number of aliphatic carboxylic acids is 1. The van der Waals surface area contributed by atoms with Gasteiger partial charge in [-0.1, -0.05) is 18.2 Å². The molecule has 2 aliphatic heterocycles. The number of rotatable bonds is 5. The van der Waals surface area contributed by atoms with E-state index in [2.05, 4.69) is 0 Å². The molecule has 1 N–H and O–H groups in total. The van der Waals surface area contributed by atoms with Crippen molar-refractivity contribution in [1.82, 2.24) is 9.80 Å². The first-order valence-electron chi connectivity index (χ1n) is 8.52. The highest BCUT2D eigenvalue weighted by atomic mass is 16.5. The van der Waals surface area contributed by atoms with E-state index in [1.54, 1.807) is 4.90 Å². The van der Waals surface area contributed by atoms with Crippen molar-refractivity contribution in [2.24, 2.45) is 5.92 Å². The van der Waals surface area contributed by atoms with Crippen molar-refractivity contribution < 1.29 is 24.2 Å². The Morgan fingerprint density at radius 1 is 1.24 bits per heavy atom. The molecule has 7 nitrogen and oxygen atoms in total. The molecule has 136 valence electrons. The fourth-order valence-corrected chi connectivity index (χ4v) is 3.45. The molecule has 25 heavy (non-hydrogen) atoms. The van der Waals surface area contributed by atoms with E-state index < -0.39 is 5.97 Å². The van der Waals surface area contributed by atoms with Crippen molar-refractivity contribution in [2.75, 3.05) is 46.0 Å². The van der Waals surface area contributed by atoms with Gasteiger partial charge in [-0.15, -0.1) is 0 Å². The van der Waals surface area contributed by atoms with E-state index in [0.717, 1.165) is 5.56 Å². The van der Waals surface area contributed by atoms with Crippen LogP contribution in [0.25, 0.3) is 0 Å². The highest BCUT2D eigenvalue weighted by Crippen LogP contribution is 2.20. The molecule has 3 rings (SSSR count). The number of para-hydroxylation sites is 1. The summed E-state index contributed by atoms with van der Waals surface area (Å²) in [6.45, 7) is 4.59. The van der Waals surface area contributed by atoms with Crippen LogP contribution in [0.15, 0.2) is 24.3 Å². The predicted molar refractivity (Wildman–Crippen MR) is 90.6 cm³/mol. The number of hydrogen-bond donors (Lipinski definition) is 1. The summed E-state index contributed by atoms with van der Waals surface area (Å²) >= 11 is 0. The van der Waals surface area contributed by atoms with Crippen LogP contribution >= 0.6 is 0 Å². The van der Waals surface area contributed by atoms with Gasteiger partial charge in [-0.25, -0.2) is 0 Å². The Morgan fingerprint density at radius 2 is 2.04 bits per heavy atom. The lowest BCUT2D eigenvalue weighted by molar-refractivity contribution is -0.139. The lowest BCUT2D eigenvalue weighted by atomic mass is 10.1. The summed E-state index contributed by atoms with van der Waals surface area (Å²) in [5.74, 6) is -0.0957. The summed E-state index contributed by atoms with van der Waals surface area (Å²) in [5.41, 5.74) is 0.990. The highest BCUT2D eigenvalue weighted by Gasteiger charge is 2.35. The Morgan fingerprint density at radius 3 is 2.80 bits per heavy atom. The monoisotopic (exact) mass is 348 g/mol. The topological polar surface area (TPSA) is 79.3 Å². The molecule has 1 aromatic carbocycles. The average Bonchev–Trinajstić information content (AvgIpc) is 2.83. The molecule has 1 amide bonds. The van der Waals surface area contributed by atoms with Gasteiger partial charge in [-0.3, -0.25) is 14.5 Å². The fourth-order valence-electron chi connectivity index (χ4n) is 3.45. The molecule has 0 unspecified atom stereocenters. The number of hydrogen-bond acceptors (Lipinski definition) is 5. The lowest BCUT2D eigenvalue weighted by Gasteiger charge is -2.30. The van der Waals surface area contributed by atoms with Crippen LogP contribution in [0.1, 0.15) is 5.56 Å². The molecule has 2 bridgehead atoms. The van der Waals surface area contributed by atoms with Crippen molar-refractivity contribution in [3.8, 4) is 5.75 Å². The molecule has 0 radical (unpaired) electrons. The maximum atomic E-state index is 12.6. The number of ether oxygens (including phenoxy) is 2. The second kappa shape index (κ2) is 7.84. The number of fused-ring (bicyclic) bond motifs is 3. The van der Waals surface area contributed by atoms with Crippen LogP contribution in [-0.4, -0.2) is 78.8 Å². The third kappa shape index (κ3) is 4.49. The zero-order valence-electron chi connectivity index (χ0n) is 14.4. The van der Waals surface area contributed by atoms with Crippen molar-refractivity contribution in [3.05, 3.63) is 29.8 Å². The summed E-state index contributed by atoms with van der Waals surface area (Å²) in [7, 11) is 0. The van der Waals surface area contributed by atoms with Crippen LogP contribution in [0.4, 0.5) is 0 Å². The number of carbonyl (C=O) groups excluding carboxylic acids is 1. The SMILES string of the molecule is Cc1ccccc1OCC(=O)N1C[C@@H]2COC[C@H](C1)N(CC(=O)O)C2. The summed E-state index contributed by atoms with van der Waals surface area (Å²) in [6, 6.07) is 7.51. The first kappa shape index (κ1) is 17.7. The molecule has 0 aliphatic carbocycles. The number of amides is 1. The van der Waals surface area contributed by atoms with Crippen molar-refractivity contribution >= 4 is 11.9 Å². The van der Waals surface area contributed by atoms with Gasteiger partial charge in [0.1, 0.15) is 5.75 Å². The fraction of sp³-hybridized carbons (Fsp3) is 0.556. The number of nitrogens with zero attached hydrogens (tertiary/aromatic N) is 2. The van der Waals surface area contributed by atoms with Crippen LogP contribution in [0.5, 0.6) is 5.75 Å². The first-order chi connectivity index (χ1) is 12.0. The van der Waals surface area contributed by atoms with Gasteiger partial charge in [0, 0.05) is 25.6 Å². The van der Waals surface area contributed by atoms with E-state index in [1.807, 2.05) is 36.1 Å². The van der Waals surface area contributed by atoms with Gasteiger partial charge in [-0.05, 0) is 18.6 Å². The van der Waals surface area contributed by atoms with Crippen LogP contribution in [-0.2, 0) is 14.3 Å². The smallest absolute Gasteiger partial charge is 0.317 e. The summed E-state index contributed by atoms with van der Waals surface area (Å²) in [4.78, 5) is 27.4. The van der Waals surface area contributed by atoms with E-state index in [9.17, 15) is 9.59 Å². The summed E-state index contributed by atoms with van der Waals surface area (Å²) < 4.78 is 11.3. The van der Waals surface area contributed by atoms with E-state index in [1.165, 1.54) is 0 Å². The Kier molecular flexibility index (Phi) is 5.55. The molecule has 0 saturated carbocycles. The standard InChI is InChI=1S/C18H24N2O5/c1-13-4-2-3-5-16(13)25-12-17(21)20-7-14-6-19(9-18(22)23)15(8-20)11-24-10-14/h2-5,14-15H,6-12H2,1H3,(H,22,23)/t14-,15+/m1/s1. The molecule has 2 aliphatic rings. The normalized spacial score (nSPS) is 23.8. The maximum absolute atomic E-state index is 12.6. The minimum Gasteiger partial charge on any atom is -0.484 e. The van der Waals surface area contributed by atoms with Gasteiger partial charge < -0.3 is 19.5 Å². The third-order valence-electron chi connectivity index (χ3n) is 4.72. The van der Waals surface area contributed by atoms with Gasteiger partial charge in [0.2, 0.25) is 0 Å². The minimum absolute atomic E-state index is 0.00984. The maximum Gasteiger partial charge on any atom is 0.317 e. The van der Waals surface area contributed by atoms with E-state index >= 15 is 0 Å². The zero-order chi connectivity index (χ0) is 17.8. The highest BCUT2D eigenvalue weighted by molar-refractivity contribution is 5.78. The number of carboxylic acids is 1.